The molecule has 3 saturated heterocycles. The van der Waals surface area contributed by atoms with Crippen LogP contribution in [0.1, 0.15) is 6.92 Å². The summed E-state index contributed by atoms with van der Waals surface area (Å²) in [6, 6.07) is -4.26. The third kappa shape index (κ3) is 8.17. The van der Waals surface area contributed by atoms with Gasteiger partial charge in [-0.05, 0) is 14.0 Å². The molecule has 0 aromatic rings. The fourth-order valence-corrected chi connectivity index (χ4v) is 6.71. The van der Waals surface area contributed by atoms with E-state index >= 15 is 0 Å². The van der Waals surface area contributed by atoms with Crippen LogP contribution in [0.4, 0.5) is 0 Å². The molecule has 1 saturated carbocycles. The Morgan fingerprint density at radius 3 is 1.88 bits per heavy atom. The van der Waals surface area contributed by atoms with E-state index in [1.807, 2.05) is 0 Å². The third-order valence-corrected chi connectivity index (χ3v) is 9.66. The zero-order valence-corrected chi connectivity index (χ0v) is 27.6. The van der Waals surface area contributed by atoms with Crippen molar-refractivity contribution < 1.29 is 84.6 Å². The van der Waals surface area contributed by atoms with Crippen molar-refractivity contribution in [1.82, 2.24) is 10.6 Å². The van der Waals surface area contributed by atoms with E-state index in [0.29, 0.717) is 0 Å². The first-order valence-corrected chi connectivity index (χ1v) is 16.1. The molecule has 24 heteroatoms. The molecule has 3 aliphatic heterocycles. The van der Waals surface area contributed by atoms with Crippen LogP contribution in [0.25, 0.3) is 0 Å². The zero-order chi connectivity index (χ0) is 38.1. The Hall–Kier alpha value is -2.18. The molecule has 3 heterocycles. The van der Waals surface area contributed by atoms with Crippen LogP contribution in [0.2, 0.25) is 0 Å². The van der Waals surface area contributed by atoms with Crippen LogP contribution in [0.3, 0.4) is 0 Å². The lowest BCUT2D eigenvalue weighted by molar-refractivity contribution is -0.358. The molecule has 4 fully saturated rings. The molecule has 0 aromatic carbocycles. The second kappa shape index (κ2) is 16.9. The Morgan fingerprint density at radius 2 is 1.33 bits per heavy atom. The smallest absolute Gasteiger partial charge is 0.187 e. The largest absolute Gasteiger partial charge is 0.394 e. The predicted molar refractivity (Wildman–Crippen MR) is 166 cm³/mol. The lowest BCUT2D eigenvalue weighted by atomic mass is 9.81. The van der Waals surface area contributed by atoms with Crippen molar-refractivity contribution in [3.05, 3.63) is 0 Å². The Labute approximate surface area is 290 Å². The summed E-state index contributed by atoms with van der Waals surface area (Å²) < 4.78 is 34.8. The van der Waals surface area contributed by atoms with Crippen molar-refractivity contribution in [3.63, 3.8) is 0 Å². The topological polar surface area (TPSA) is 416 Å². The fourth-order valence-electron chi connectivity index (χ4n) is 6.71. The van der Waals surface area contributed by atoms with Gasteiger partial charge in [0, 0.05) is 0 Å². The molecule has 0 bridgehead atoms. The minimum absolute atomic E-state index is 0.531. The molecule has 4 aliphatic rings. The molecule has 1 aliphatic carbocycles. The average Bonchev–Trinajstić information content (AvgIpc) is 3.32. The molecule has 51 heavy (non-hydrogen) atoms. The number of aliphatic hydroxyl groups excluding tert-OH is 10. The standard InChI is InChI=1S/C27H51N7O17/c1-6-27(45,5-37)21(24(46-6)50-20-10(34-26(30)31)13(39)9(33-25(28)29)14(40)17(20)43)51-22-11(32-2)15(41)19(8(4-36)48-22)49-23-18(44)16(42)12(38)7(3-35)47-23/h6-24,32,35-45H,3-5H2,1-2H3,(H4,28,29,33)(H4,30,31,34). The van der Waals surface area contributed by atoms with Crippen molar-refractivity contribution in [2.24, 2.45) is 22.2 Å². The van der Waals surface area contributed by atoms with Gasteiger partial charge in [0.25, 0.3) is 0 Å². The molecule has 0 spiro atoms. The Bertz CT molecular complexity index is 1190. The van der Waals surface area contributed by atoms with E-state index in [-0.39, 0.29) is 0 Å². The number of nitrogens with one attached hydrogen (secondary N) is 3. The van der Waals surface area contributed by atoms with E-state index in [1.165, 1.54) is 14.0 Å². The van der Waals surface area contributed by atoms with Crippen molar-refractivity contribution >= 4 is 11.9 Å². The fraction of sp³-hybridized carbons (Fsp3) is 0.926. The van der Waals surface area contributed by atoms with Crippen LogP contribution in [0.15, 0.2) is 4.99 Å². The monoisotopic (exact) mass is 745 g/mol. The summed E-state index contributed by atoms with van der Waals surface area (Å²) >= 11 is 0. The van der Waals surface area contributed by atoms with E-state index in [0.717, 1.165) is 0 Å². The maximum atomic E-state index is 11.5. The van der Waals surface area contributed by atoms with E-state index in [1.54, 1.807) is 0 Å². The van der Waals surface area contributed by atoms with E-state index < -0.39 is 154 Å². The summed E-state index contributed by atoms with van der Waals surface area (Å²) in [5.74, 6) is -1.21. The highest BCUT2D eigenvalue weighted by atomic mass is 16.8. The highest BCUT2D eigenvalue weighted by Gasteiger charge is 2.61. The summed E-state index contributed by atoms with van der Waals surface area (Å²) in [4.78, 5) is 3.76. The summed E-state index contributed by atoms with van der Waals surface area (Å²) in [6.07, 6.45) is -26.5. The normalized spacial score (nSPS) is 49.0. The number of aliphatic imine (C=N–C) groups is 1. The lowest BCUT2D eigenvalue weighted by Gasteiger charge is -2.48. The van der Waals surface area contributed by atoms with Gasteiger partial charge in [-0.3, -0.25) is 5.41 Å². The van der Waals surface area contributed by atoms with Gasteiger partial charge in [-0.25, -0.2) is 4.99 Å². The van der Waals surface area contributed by atoms with E-state index in [9.17, 15) is 56.2 Å². The SMILES string of the molecule is CNC1C(OC2C(OC3C(O)C(O)C(N=C(N)N)C(O)C3NC(=N)N)OC(C)C2(O)CO)OC(CO)C(OC2OC(CO)C(O)C(O)C2O)C1O. The molecule has 0 amide bonds. The van der Waals surface area contributed by atoms with Crippen molar-refractivity contribution in [2.75, 3.05) is 26.9 Å². The number of hydrogen-bond acceptors (Lipinski definition) is 20. The first kappa shape index (κ1) is 41.6. The molecule has 20 atom stereocenters. The summed E-state index contributed by atoms with van der Waals surface area (Å²) in [7, 11) is 1.38. The number of rotatable bonds is 12. The quantitative estimate of drug-likeness (QED) is 0.0651. The van der Waals surface area contributed by atoms with Gasteiger partial charge in [-0.15, -0.1) is 0 Å². The van der Waals surface area contributed by atoms with Crippen LogP contribution in [-0.2, 0) is 28.4 Å². The van der Waals surface area contributed by atoms with Gasteiger partial charge >= 0.3 is 0 Å². The molecule has 0 radical (unpaired) electrons. The first-order chi connectivity index (χ1) is 23.9. The number of nitrogens with two attached hydrogens (primary N) is 3. The van der Waals surface area contributed by atoms with Gasteiger partial charge in [-0.2, -0.15) is 0 Å². The highest BCUT2D eigenvalue weighted by Crippen LogP contribution is 2.39. The summed E-state index contributed by atoms with van der Waals surface area (Å²) in [5.41, 5.74) is 14.1. The van der Waals surface area contributed by atoms with Gasteiger partial charge in [0.2, 0.25) is 0 Å². The molecular formula is C27H51N7O17. The summed E-state index contributed by atoms with van der Waals surface area (Å²) in [5, 5.41) is 130. The molecular weight excluding hydrogens is 694 g/mol. The zero-order valence-electron chi connectivity index (χ0n) is 27.6. The van der Waals surface area contributed by atoms with E-state index in [2.05, 4.69) is 15.6 Å². The molecule has 20 unspecified atom stereocenters. The van der Waals surface area contributed by atoms with Crippen molar-refractivity contribution in [2.45, 2.75) is 129 Å². The van der Waals surface area contributed by atoms with Crippen LogP contribution in [0, 0.1) is 5.41 Å². The minimum Gasteiger partial charge on any atom is -0.394 e. The van der Waals surface area contributed by atoms with Gasteiger partial charge < -0.3 is 112 Å². The number of guanidine groups is 2. The first-order valence-electron chi connectivity index (χ1n) is 16.1. The lowest BCUT2D eigenvalue weighted by Crippen LogP contribution is -2.70. The molecule has 24 nitrogen and oxygen atoms in total. The third-order valence-electron chi connectivity index (χ3n) is 9.66. The van der Waals surface area contributed by atoms with Crippen molar-refractivity contribution in [1.29, 1.82) is 5.41 Å². The Balaban J connectivity index is 1.60. The van der Waals surface area contributed by atoms with Crippen molar-refractivity contribution in [3.8, 4) is 0 Å². The van der Waals surface area contributed by atoms with Gasteiger partial charge in [0.15, 0.2) is 30.8 Å². The molecule has 296 valence electrons. The number of likely N-dealkylation sites (N-methyl/N-ethyl adjacent to an activating group) is 1. The second-order valence-electron chi connectivity index (χ2n) is 12.9. The van der Waals surface area contributed by atoms with Gasteiger partial charge in [-0.1, -0.05) is 0 Å². The summed E-state index contributed by atoms with van der Waals surface area (Å²) in [6.45, 7) is -1.24. The number of hydrogen-bond donors (Lipinski definition) is 17. The second-order valence-corrected chi connectivity index (χ2v) is 12.9. The average molecular weight is 746 g/mol. The Morgan fingerprint density at radius 1 is 0.725 bits per heavy atom. The van der Waals surface area contributed by atoms with Crippen LogP contribution in [0.5, 0.6) is 0 Å². The molecule has 20 N–H and O–H groups in total. The minimum atomic E-state index is -2.27. The maximum absolute atomic E-state index is 11.5. The van der Waals surface area contributed by atoms with Crippen LogP contribution in [-0.4, -0.2) is 217 Å². The van der Waals surface area contributed by atoms with E-state index in [4.69, 9.17) is 51.0 Å². The van der Waals surface area contributed by atoms with Crippen LogP contribution < -0.4 is 27.8 Å². The highest BCUT2D eigenvalue weighted by molar-refractivity contribution is 5.76. The number of ether oxygens (including phenoxy) is 6. The predicted octanol–water partition coefficient (Wildman–Crippen LogP) is -10.3. The maximum Gasteiger partial charge on any atom is 0.187 e. The van der Waals surface area contributed by atoms with Gasteiger partial charge in [0.05, 0.1) is 38.0 Å². The molecule has 4 rings (SSSR count). The van der Waals surface area contributed by atoms with Gasteiger partial charge in [0.1, 0.15) is 84.9 Å². The molecule has 0 aromatic heterocycles. The van der Waals surface area contributed by atoms with Crippen LogP contribution >= 0.6 is 0 Å². The number of aliphatic hydroxyl groups is 11. The number of nitrogens with zero attached hydrogens (tertiary/aromatic N) is 1. The Kier molecular flexibility index (Phi) is 13.8.